The molecule has 9 heteroatoms. The van der Waals surface area contributed by atoms with Crippen LogP contribution in [0.5, 0.6) is 0 Å². The first kappa shape index (κ1) is 18.9. The van der Waals surface area contributed by atoms with Gasteiger partial charge in [-0.1, -0.05) is 6.07 Å². The molecule has 0 radical (unpaired) electrons. The largest absolute Gasteiger partial charge is 0.341 e. The van der Waals surface area contributed by atoms with Gasteiger partial charge in [0.05, 0.1) is 17.0 Å². The molecule has 3 aliphatic heterocycles. The van der Waals surface area contributed by atoms with Crippen LogP contribution in [-0.2, 0) is 9.59 Å². The fraction of sp³-hybridized carbons (Fsp3) is 0.474. The molecule has 0 unspecified atom stereocenters. The average molecular weight is 405 g/mol. The summed E-state index contributed by atoms with van der Waals surface area (Å²) in [6.45, 7) is 1.32. The summed E-state index contributed by atoms with van der Waals surface area (Å²) in [6.07, 6.45) is 1.88. The minimum atomic E-state index is -0.739. The summed E-state index contributed by atoms with van der Waals surface area (Å²) in [4.78, 5) is 54.4. The van der Waals surface area contributed by atoms with Crippen molar-refractivity contribution in [3.8, 4) is 0 Å². The van der Waals surface area contributed by atoms with E-state index in [1.807, 2.05) is 0 Å². The Balaban J connectivity index is 1.40. The van der Waals surface area contributed by atoms with Crippen molar-refractivity contribution in [1.29, 1.82) is 0 Å². The maximum absolute atomic E-state index is 13.9. The fourth-order valence-corrected chi connectivity index (χ4v) is 5.06. The van der Waals surface area contributed by atoms with Gasteiger partial charge in [0.25, 0.3) is 11.8 Å². The van der Waals surface area contributed by atoms with Gasteiger partial charge in [-0.3, -0.25) is 24.1 Å². The number of hydrogen-bond donors (Lipinski definition) is 0. The first-order valence-electron chi connectivity index (χ1n) is 9.29. The second-order valence-corrected chi connectivity index (χ2v) is 8.09. The van der Waals surface area contributed by atoms with Crippen LogP contribution in [0.25, 0.3) is 0 Å². The van der Waals surface area contributed by atoms with E-state index < -0.39 is 23.7 Å². The molecule has 2 saturated heterocycles. The Bertz CT molecular complexity index is 856. The first-order valence-corrected chi connectivity index (χ1v) is 10.4. The lowest BCUT2D eigenvalue weighted by Crippen LogP contribution is -2.48. The minimum absolute atomic E-state index is 0.0243. The zero-order valence-electron chi connectivity index (χ0n) is 15.2. The number of rotatable bonds is 4. The van der Waals surface area contributed by atoms with Crippen LogP contribution in [0.2, 0.25) is 0 Å². The number of hydrogen-bond acceptors (Lipinski definition) is 5. The molecule has 3 heterocycles. The van der Waals surface area contributed by atoms with Crippen molar-refractivity contribution in [1.82, 2.24) is 14.7 Å². The number of halogens is 1. The first-order chi connectivity index (χ1) is 13.5. The number of likely N-dealkylation sites (tertiary alicyclic amines) is 1. The van der Waals surface area contributed by atoms with E-state index in [0.29, 0.717) is 11.6 Å². The van der Waals surface area contributed by atoms with Crippen LogP contribution in [0.4, 0.5) is 4.39 Å². The van der Waals surface area contributed by atoms with Gasteiger partial charge < -0.3 is 9.80 Å². The SMILES string of the molecule is O=C([C@@H]1CSCN1C(=O)CCN1C(=O)c2cccc(F)c2C1=O)N1CCCC1. The van der Waals surface area contributed by atoms with E-state index >= 15 is 0 Å². The summed E-state index contributed by atoms with van der Waals surface area (Å²) in [5, 5.41) is 0. The normalized spacial score (nSPS) is 21.6. The lowest BCUT2D eigenvalue weighted by Gasteiger charge is -2.27. The average Bonchev–Trinajstić information content (AvgIpc) is 3.42. The Kier molecular flexibility index (Phi) is 5.09. The van der Waals surface area contributed by atoms with Crippen LogP contribution in [0.1, 0.15) is 40.0 Å². The van der Waals surface area contributed by atoms with E-state index in [4.69, 9.17) is 0 Å². The molecule has 4 rings (SSSR count). The van der Waals surface area contributed by atoms with Crippen molar-refractivity contribution in [2.24, 2.45) is 0 Å². The highest BCUT2D eigenvalue weighted by Crippen LogP contribution is 2.27. The van der Waals surface area contributed by atoms with Gasteiger partial charge in [0.2, 0.25) is 11.8 Å². The fourth-order valence-electron chi connectivity index (χ4n) is 3.89. The molecule has 1 atom stereocenters. The van der Waals surface area contributed by atoms with E-state index in [0.717, 1.165) is 36.9 Å². The highest BCUT2D eigenvalue weighted by atomic mass is 32.2. The van der Waals surface area contributed by atoms with Crippen LogP contribution < -0.4 is 0 Å². The van der Waals surface area contributed by atoms with Crippen molar-refractivity contribution in [3.63, 3.8) is 0 Å². The van der Waals surface area contributed by atoms with E-state index in [9.17, 15) is 23.6 Å². The number of thioether (sulfide) groups is 1. The van der Waals surface area contributed by atoms with Crippen molar-refractivity contribution in [2.75, 3.05) is 31.3 Å². The van der Waals surface area contributed by atoms with Crippen LogP contribution >= 0.6 is 11.8 Å². The van der Waals surface area contributed by atoms with Gasteiger partial charge >= 0.3 is 0 Å². The van der Waals surface area contributed by atoms with Gasteiger partial charge in [-0.15, -0.1) is 11.8 Å². The Morgan fingerprint density at radius 1 is 1.14 bits per heavy atom. The summed E-state index contributed by atoms with van der Waals surface area (Å²) < 4.78 is 13.9. The van der Waals surface area contributed by atoms with Crippen LogP contribution in [-0.4, -0.2) is 75.6 Å². The monoisotopic (exact) mass is 405 g/mol. The lowest BCUT2D eigenvalue weighted by atomic mass is 10.1. The molecule has 148 valence electrons. The maximum atomic E-state index is 13.9. The molecule has 0 aromatic heterocycles. The Morgan fingerprint density at radius 2 is 1.89 bits per heavy atom. The number of nitrogens with zero attached hydrogens (tertiary/aromatic N) is 3. The molecule has 28 heavy (non-hydrogen) atoms. The minimum Gasteiger partial charge on any atom is -0.341 e. The van der Waals surface area contributed by atoms with Gasteiger partial charge in [-0.05, 0) is 25.0 Å². The quantitative estimate of drug-likeness (QED) is 0.707. The Morgan fingerprint density at radius 3 is 2.61 bits per heavy atom. The molecule has 4 amide bonds. The number of fused-ring (bicyclic) bond motifs is 1. The molecule has 3 aliphatic rings. The van der Waals surface area contributed by atoms with Gasteiger partial charge in [0, 0.05) is 31.8 Å². The maximum Gasteiger partial charge on any atom is 0.264 e. The number of carbonyl (C=O) groups is 4. The van der Waals surface area contributed by atoms with E-state index in [2.05, 4.69) is 0 Å². The van der Waals surface area contributed by atoms with E-state index in [-0.39, 0.29) is 35.9 Å². The standard InChI is InChI=1S/C19H20FN3O4S/c20-13-5-3-4-12-16(13)19(27)22(17(12)25)9-6-15(24)23-11-28-10-14(23)18(26)21-7-1-2-8-21/h3-5,14H,1-2,6-11H2/t14-/m0/s1. The third kappa shape index (κ3) is 3.17. The topological polar surface area (TPSA) is 78.0 Å². The molecular weight excluding hydrogens is 385 g/mol. The third-order valence-corrected chi connectivity index (χ3v) is 6.42. The van der Waals surface area contributed by atoms with Gasteiger partial charge in [0.15, 0.2) is 0 Å². The van der Waals surface area contributed by atoms with Crippen LogP contribution in [0, 0.1) is 5.82 Å². The van der Waals surface area contributed by atoms with Gasteiger partial charge in [-0.25, -0.2) is 4.39 Å². The third-order valence-electron chi connectivity index (χ3n) is 5.40. The van der Waals surface area contributed by atoms with Crippen LogP contribution in [0.3, 0.4) is 0 Å². The summed E-state index contributed by atoms with van der Waals surface area (Å²) in [5.74, 6) is -1.38. The molecule has 1 aromatic rings. The zero-order valence-corrected chi connectivity index (χ0v) is 16.0. The molecule has 1 aromatic carbocycles. The predicted molar refractivity (Wildman–Crippen MR) is 100 cm³/mol. The molecule has 0 bridgehead atoms. The van der Waals surface area contributed by atoms with Crippen molar-refractivity contribution >= 4 is 35.4 Å². The summed E-state index contributed by atoms with van der Waals surface area (Å²) in [7, 11) is 0. The summed E-state index contributed by atoms with van der Waals surface area (Å²) >= 11 is 1.52. The highest BCUT2D eigenvalue weighted by Gasteiger charge is 2.40. The van der Waals surface area contributed by atoms with E-state index in [1.165, 1.54) is 28.8 Å². The second-order valence-electron chi connectivity index (χ2n) is 7.09. The molecule has 0 spiro atoms. The summed E-state index contributed by atoms with van der Waals surface area (Å²) in [5.41, 5.74) is -0.213. The van der Waals surface area contributed by atoms with Crippen molar-refractivity contribution < 1.29 is 23.6 Å². The molecule has 7 nitrogen and oxygen atoms in total. The van der Waals surface area contributed by atoms with Crippen molar-refractivity contribution in [2.45, 2.75) is 25.3 Å². The Labute approximate surface area is 165 Å². The summed E-state index contributed by atoms with van der Waals surface area (Å²) in [6, 6.07) is 3.43. The van der Waals surface area contributed by atoms with E-state index in [1.54, 1.807) is 4.90 Å². The number of benzene rings is 1. The highest BCUT2D eigenvalue weighted by molar-refractivity contribution is 7.99. The second kappa shape index (κ2) is 7.54. The number of carbonyl (C=O) groups excluding carboxylic acids is 4. The van der Waals surface area contributed by atoms with Gasteiger partial charge in [-0.2, -0.15) is 0 Å². The lowest BCUT2D eigenvalue weighted by molar-refractivity contribution is -0.142. The molecule has 0 N–H and O–H groups in total. The molecule has 2 fully saturated rings. The van der Waals surface area contributed by atoms with Crippen LogP contribution in [0.15, 0.2) is 18.2 Å². The number of imide groups is 1. The Hall–Kier alpha value is -2.42. The van der Waals surface area contributed by atoms with Gasteiger partial charge in [0.1, 0.15) is 11.9 Å². The molecular formula is C19H20FN3O4S. The number of amides is 4. The predicted octanol–water partition coefficient (Wildman–Crippen LogP) is 1.34. The van der Waals surface area contributed by atoms with Crippen molar-refractivity contribution in [3.05, 3.63) is 35.1 Å². The zero-order chi connectivity index (χ0) is 19.8. The molecule has 0 saturated carbocycles. The smallest absolute Gasteiger partial charge is 0.264 e. The molecule has 0 aliphatic carbocycles.